The van der Waals surface area contributed by atoms with E-state index in [2.05, 4.69) is 9.97 Å². The zero-order chi connectivity index (χ0) is 13.9. The number of carbonyl (C=O) groups excluding carboxylic acids is 1. The summed E-state index contributed by atoms with van der Waals surface area (Å²) in [5.74, 6) is 0.961. The van der Waals surface area contributed by atoms with Gasteiger partial charge in [-0.2, -0.15) is 4.98 Å². The third kappa shape index (κ3) is 2.77. The molecule has 6 heteroatoms. The van der Waals surface area contributed by atoms with Crippen LogP contribution < -0.4 is 9.64 Å². The van der Waals surface area contributed by atoms with Gasteiger partial charge in [-0.05, 0) is 20.3 Å². The predicted molar refractivity (Wildman–Crippen MR) is 70.2 cm³/mol. The van der Waals surface area contributed by atoms with E-state index in [9.17, 15) is 4.79 Å². The van der Waals surface area contributed by atoms with Crippen molar-refractivity contribution in [3.8, 4) is 5.88 Å². The maximum atomic E-state index is 12.0. The zero-order valence-electron chi connectivity index (χ0n) is 11.5. The number of esters is 1. The Morgan fingerprint density at radius 3 is 3.05 bits per heavy atom. The maximum absolute atomic E-state index is 12.0. The van der Waals surface area contributed by atoms with Crippen LogP contribution in [0.25, 0.3) is 0 Å². The topological polar surface area (TPSA) is 64.5 Å². The largest absolute Gasteiger partial charge is 0.481 e. The quantitative estimate of drug-likeness (QED) is 0.764. The van der Waals surface area contributed by atoms with E-state index in [1.165, 1.54) is 0 Å². The molecule has 0 aliphatic carbocycles. The van der Waals surface area contributed by atoms with Gasteiger partial charge in [-0.15, -0.1) is 0 Å². The van der Waals surface area contributed by atoms with Crippen LogP contribution in [-0.4, -0.2) is 42.7 Å². The lowest BCUT2D eigenvalue weighted by molar-refractivity contribution is -0.153. The van der Waals surface area contributed by atoms with Gasteiger partial charge in [0.25, 0.3) is 0 Å². The average molecular weight is 265 g/mol. The van der Waals surface area contributed by atoms with Gasteiger partial charge >= 0.3 is 5.97 Å². The number of ether oxygens (including phenoxy) is 2. The van der Waals surface area contributed by atoms with Crippen LogP contribution in [0.5, 0.6) is 5.88 Å². The third-order valence-corrected chi connectivity index (χ3v) is 3.35. The Hall–Kier alpha value is -1.85. The second kappa shape index (κ2) is 5.42. The molecule has 0 amide bonds. The van der Waals surface area contributed by atoms with Crippen molar-refractivity contribution in [3.63, 3.8) is 0 Å². The van der Waals surface area contributed by atoms with E-state index < -0.39 is 5.41 Å². The molecule has 0 spiro atoms. The molecular weight excluding hydrogens is 246 g/mol. The summed E-state index contributed by atoms with van der Waals surface area (Å²) in [5.41, 5.74) is -0.484. The molecule has 2 rings (SSSR count). The molecule has 104 valence electrons. The summed E-state index contributed by atoms with van der Waals surface area (Å²) in [7, 11) is 1.57. The number of methoxy groups -OCH3 is 1. The monoisotopic (exact) mass is 265 g/mol. The Bertz CT molecular complexity index is 466. The smallest absolute Gasteiger partial charge is 0.313 e. The first-order chi connectivity index (χ1) is 9.09. The van der Waals surface area contributed by atoms with E-state index >= 15 is 0 Å². The summed E-state index contributed by atoms with van der Waals surface area (Å²) < 4.78 is 10.2. The van der Waals surface area contributed by atoms with Crippen LogP contribution in [0.1, 0.15) is 20.3 Å². The average Bonchev–Trinajstić information content (AvgIpc) is 2.83. The Morgan fingerprint density at radius 1 is 1.58 bits per heavy atom. The fourth-order valence-corrected chi connectivity index (χ4v) is 2.20. The van der Waals surface area contributed by atoms with Crippen molar-refractivity contribution in [2.75, 3.05) is 31.7 Å². The highest BCUT2D eigenvalue weighted by Crippen LogP contribution is 2.33. The minimum atomic E-state index is -0.484. The first kappa shape index (κ1) is 13.6. The third-order valence-electron chi connectivity index (χ3n) is 3.35. The van der Waals surface area contributed by atoms with E-state index in [1.807, 2.05) is 18.7 Å². The van der Waals surface area contributed by atoms with E-state index in [1.54, 1.807) is 19.4 Å². The molecule has 1 saturated heterocycles. The molecule has 1 aromatic heterocycles. The van der Waals surface area contributed by atoms with Crippen molar-refractivity contribution < 1.29 is 14.3 Å². The van der Waals surface area contributed by atoms with Gasteiger partial charge in [-0.25, -0.2) is 4.98 Å². The van der Waals surface area contributed by atoms with Gasteiger partial charge < -0.3 is 14.4 Å². The van der Waals surface area contributed by atoms with Gasteiger partial charge in [0.2, 0.25) is 11.8 Å². The number of hydrogen-bond donors (Lipinski definition) is 0. The van der Waals surface area contributed by atoms with Crippen LogP contribution in [-0.2, 0) is 9.53 Å². The molecule has 1 fully saturated rings. The summed E-state index contributed by atoms with van der Waals surface area (Å²) in [6, 6.07) is 1.70. The summed E-state index contributed by atoms with van der Waals surface area (Å²) >= 11 is 0. The molecule has 0 saturated carbocycles. The van der Waals surface area contributed by atoms with Crippen LogP contribution >= 0.6 is 0 Å². The highest BCUT2D eigenvalue weighted by atomic mass is 16.5. The number of rotatable bonds is 4. The normalized spacial score (nSPS) is 22.4. The zero-order valence-corrected chi connectivity index (χ0v) is 11.5. The Morgan fingerprint density at radius 2 is 2.37 bits per heavy atom. The molecule has 0 radical (unpaired) electrons. The van der Waals surface area contributed by atoms with Gasteiger partial charge in [0, 0.05) is 25.4 Å². The Labute approximate surface area is 112 Å². The Balaban J connectivity index is 2.10. The number of carbonyl (C=O) groups is 1. The minimum absolute atomic E-state index is 0.152. The van der Waals surface area contributed by atoms with Crippen molar-refractivity contribution in [1.29, 1.82) is 0 Å². The second-order valence-corrected chi connectivity index (χ2v) is 4.85. The van der Waals surface area contributed by atoms with Crippen molar-refractivity contribution >= 4 is 11.9 Å². The van der Waals surface area contributed by atoms with Crippen LogP contribution in [0, 0.1) is 5.41 Å². The summed E-state index contributed by atoms with van der Waals surface area (Å²) in [4.78, 5) is 22.4. The predicted octanol–water partition coefficient (Wildman–Crippen LogP) is 1.26. The highest BCUT2D eigenvalue weighted by Gasteiger charge is 2.42. The lowest BCUT2D eigenvalue weighted by Gasteiger charge is -2.22. The van der Waals surface area contributed by atoms with Gasteiger partial charge in [0.05, 0.1) is 19.1 Å². The fraction of sp³-hybridized carbons (Fsp3) is 0.615. The van der Waals surface area contributed by atoms with Crippen LogP contribution in [0.3, 0.4) is 0 Å². The van der Waals surface area contributed by atoms with Gasteiger partial charge in [-0.1, -0.05) is 0 Å². The first-order valence-corrected chi connectivity index (χ1v) is 6.38. The highest BCUT2D eigenvalue weighted by molar-refractivity contribution is 5.78. The van der Waals surface area contributed by atoms with Crippen molar-refractivity contribution in [2.45, 2.75) is 20.3 Å². The van der Waals surface area contributed by atoms with Crippen molar-refractivity contribution in [3.05, 3.63) is 12.3 Å². The summed E-state index contributed by atoms with van der Waals surface area (Å²) in [6.45, 7) is 5.45. The van der Waals surface area contributed by atoms with Crippen molar-refractivity contribution in [1.82, 2.24) is 9.97 Å². The maximum Gasteiger partial charge on any atom is 0.313 e. The second-order valence-electron chi connectivity index (χ2n) is 4.85. The molecule has 1 aliphatic heterocycles. The molecule has 1 aromatic rings. The molecule has 1 atom stereocenters. The number of aromatic nitrogens is 2. The van der Waals surface area contributed by atoms with E-state index in [-0.39, 0.29) is 5.97 Å². The van der Waals surface area contributed by atoms with Crippen LogP contribution in [0.2, 0.25) is 0 Å². The molecule has 2 heterocycles. The molecule has 19 heavy (non-hydrogen) atoms. The summed E-state index contributed by atoms with van der Waals surface area (Å²) in [5, 5.41) is 0. The lowest BCUT2D eigenvalue weighted by Crippen LogP contribution is -2.34. The molecule has 0 N–H and O–H groups in total. The molecule has 1 aliphatic rings. The summed E-state index contributed by atoms with van der Waals surface area (Å²) in [6.07, 6.45) is 2.40. The lowest BCUT2D eigenvalue weighted by atomic mass is 9.90. The Kier molecular flexibility index (Phi) is 3.87. The van der Waals surface area contributed by atoms with Crippen LogP contribution in [0.4, 0.5) is 5.95 Å². The standard InChI is InChI=1S/C13H19N3O3/c1-4-19-11(17)13(2)6-8-16(9-13)12-14-7-5-10(15-12)18-3/h5,7H,4,6,8-9H2,1-3H3. The van der Waals surface area contributed by atoms with Crippen molar-refractivity contribution in [2.24, 2.45) is 5.41 Å². The molecule has 6 nitrogen and oxygen atoms in total. The number of hydrogen-bond acceptors (Lipinski definition) is 6. The van der Waals surface area contributed by atoms with Crippen LogP contribution in [0.15, 0.2) is 12.3 Å². The minimum Gasteiger partial charge on any atom is -0.481 e. The van der Waals surface area contributed by atoms with E-state index in [4.69, 9.17) is 9.47 Å². The van der Waals surface area contributed by atoms with Gasteiger partial charge in [0.1, 0.15) is 0 Å². The molecule has 0 aromatic carbocycles. The number of nitrogens with zero attached hydrogens (tertiary/aromatic N) is 3. The molecule has 0 bridgehead atoms. The van der Waals surface area contributed by atoms with E-state index in [0.717, 1.165) is 13.0 Å². The molecule has 1 unspecified atom stereocenters. The molecular formula is C13H19N3O3. The first-order valence-electron chi connectivity index (χ1n) is 6.38. The van der Waals surface area contributed by atoms with Gasteiger partial charge in [-0.3, -0.25) is 4.79 Å². The SMILES string of the molecule is CCOC(=O)C1(C)CCN(c2nccc(OC)n2)C1. The van der Waals surface area contributed by atoms with E-state index in [0.29, 0.717) is 25.0 Å². The fourth-order valence-electron chi connectivity index (χ4n) is 2.20. The number of anilines is 1. The van der Waals surface area contributed by atoms with Gasteiger partial charge in [0.15, 0.2) is 0 Å².